The Hall–Kier alpha value is -1.82. The predicted molar refractivity (Wildman–Crippen MR) is 77.6 cm³/mol. The number of nitrogens with zero attached hydrogens (tertiary/aromatic N) is 2. The van der Waals surface area contributed by atoms with Crippen molar-refractivity contribution in [2.75, 3.05) is 11.4 Å². The van der Waals surface area contributed by atoms with E-state index in [1.807, 2.05) is 6.92 Å². The van der Waals surface area contributed by atoms with Crippen molar-refractivity contribution in [2.24, 2.45) is 0 Å². The molecule has 0 amide bonds. The number of rotatable bonds is 5. The summed E-state index contributed by atoms with van der Waals surface area (Å²) in [6.07, 6.45) is 0. The summed E-state index contributed by atoms with van der Waals surface area (Å²) in [6.45, 7) is 7.11. The summed E-state index contributed by atoms with van der Waals surface area (Å²) in [6, 6.07) is 2.81. The van der Waals surface area contributed by atoms with Crippen LogP contribution in [0.5, 0.6) is 0 Å². The van der Waals surface area contributed by atoms with Crippen LogP contribution in [0.3, 0.4) is 0 Å². The summed E-state index contributed by atoms with van der Waals surface area (Å²) in [5, 5.41) is 20.2. The molecule has 0 heterocycles. The SMILES string of the molecule is CCN(c1cc(Cl)c([N+](=O)[O-])cc1C)C(C)(C)C(=O)O. The van der Waals surface area contributed by atoms with E-state index in [9.17, 15) is 20.0 Å². The largest absolute Gasteiger partial charge is 0.480 e. The number of carboxylic acid groups (broad SMARTS) is 1. The first kappa shape index (κ1) is 16.2. The fourth-order valence-corrected chi connectivity index (χ4v) is 2.30. The summed E-state index contributed by atoms with van der Waals surface area (Å²) >= 11 is 5.91. The van der Waals surface area contributed by atoms with Gasteiger partial charge in [-0.1, -0.05) is 11.6 Å². The Kier molecular flexibility index (Phi) is 4.60. The van der Waals surface area contributed by atoms with E-state index in [4.69, 9.17) is 11.6 Å². The third-order valence-electron chi connectivity index (χ3n) is 3.27. The zero-order valence-corrected chi connectivity index (χ0v) is 12.6. The summed E-state index contributed by atoms with van der Waals surface area (Å²) in [5.74, 6) is -0.978. The first-order valence-electron chi connectivity index (χ1n) is 6.08. The molecule has 6 nitrogen and oxygen atoms in total. The predicted octanol–water partition coefficient (Wildman–Crippen LogP) is 3.25. The van der Waals surface area contributed by atoms with E-state index in [0.717, 1.165) is 0 Å². The zero-order valence-electron chi connectivity index (χ0n) is 11.8. The van der Waals surface area contributed by atoms with Crippen LogP contribution in [-0.2, 0) is 4.79 Å². The molecule has 20 heavy (non-hydrogen) atoms. The molecule has 110 valence electrons. The topological polar surface area (TPSA) is 83.7 Å². The fraction of sp³-hybridized carbons (Fsp3) is 0.462. The van der Waals surface area contributed by atoms with E-state index in [1.54, 1.807) is 25.7 Å². The average molecular weight is 301 g/mol. The van der Waals surface area contributed by atoms with Crippen LogP contribution < -0.4 is 4.90 Å². The number of hydrogen-bond donors (Lipinski definition) is 1. The molecule has 1 rings (SSSR count). The molecule has 0 unspecified atom stereocenters. The number of nitro benzene ring substituents is 1. The smallest absolute Gasteiger partial charge is 0.328 e. The molecular weight excluding hydrogens is 284 g/mol. The van der Waals surface area contributed by atoms with Crippen LogP contribution in [0.1, 0.15) is 26.3 Å². The monoisotopic (exact) mass is 300 g/mol. The molecule has 0 aliphatic carbocycles. The van der Waals surface area contributed by atoms with E-state index in [0.29, 0.717) is 17.8 Å². The fourth-order valence-electron chi connectivity index (χ4n) is 2.07. The number of nitro groups is 1. The van der Waals surface area contributed by atoms with Gasteiger partial charge in [0.25, 0.3) is 5.69 Å². The van der Waals surface area contributed by atoms with Crippen molar-refractivity contribution >= 4 is 28.9 Å². The van der Waals surface area contributed by atoms with Gasteiger partial charge in [-0.15, -0.1) is 0 Å². The van der Waals surface area contributed by atoms with E-state index < -0.39 is 16.4 Å². The van der Waals surface area contributed by atoms with Gasteiger partial charge in [0.1, 0.15) is 10.6 Å². The number of aryl methyl sites for hydroxylation is 1. The van der Waals surface area contributed by atoms with Gasteiger partial charge >= 0.3 is 5.97 Å². The molecular formula is C13H17ClN2O4. The highest BCUT2D eigenvalue weighted by Gasteiger charge is 2.35. The van der Waals surface area contributed by atoms with Gasteiger partial charge in [-0.05, 0) is 39.3 Å². The minimum Gasteiger partial charge on any atom is -0.480 e. The lowest BCUT2D eigenvalue weighted by molar-refractivity contribution is -0.384. The van der Waals surface area contributed by atoms with Crippen molar-refractivity contribution in [3.05, 3.63) is 32.8 Å². The number of anilines is 1. The maximum absolute atomic E-state index is 11.4. The highest BCUT2D eigenvalue weighted by atomic mass is 35.5. The third kappa shape index (κ3) is 2.85. The maximum atomic E-state index is 11.4. The standard InChI is InChI=1S/C13H17ClN2O4/c1-5-15(13(3,4)12(17)18)10-7-9(14)11(16(19)20)6-8(10)2/h6-7H,5H2,1-4H3,(H,17,18). The van der Waals surface area contributed by atoms with Crippen molar-refractivity contribution in [2.45, 2.75) is 33.2 Å². The lowest BCUT2D eigenvalue weighted by Crippen LogP contribution is -2.50. The van der Waals surface area contributed by atoms with Crippen LogP contribution >= 0.6 is 11.6 Å². The molecule has 0 aliphatic rings. The third-order valence-corrected chi connectivity index (χ3v) is 3.57. The number of carbonyl (C=O) groups is 1. The van der Waals surface area contributed by atoms with Gasteiger partial charge < -0.3 is 10.0 Å². The van der Waals surface area contributed by atoms with Crippen molar-refractivity contribution in [3.63, 3.8) is 0 Å². The van der Waals surface area contributed by atoms with Crippen molar-refractivity contribution in [1.29, 1.82) is 0 Å². The van der Waals surface area contributed by atoms with E-state index >= 15 is 0 Å². The molecule has 0 aliphatic heterocycles. The Labute approximate surface area is 122 Å². The van der Waals surface area contributed by atoms with Crippen molar-refractivity contribution in [1.82, 2.24) is 0 Å². The lowest BCUT2D eigenvalue weighted by Gasteiger charge is -2.37. The average Bonchev–Trinajstić information content (AvgIpc) is 2.33. The number of likely N-dealkylation sites (N-methyl/N-ethyl adjacent to an activating group) is 1. The Bertz CT molecular complexity index is 558. The van der Waals surface area contributed by atoms with Gasteiger partial charge in [0, 0.05) is 18.3 Å². The lowest BCUT2D eigenvalue weighted by atomic mass is 10.00. The van der Waals surface area contributed by atoms with Gasteiger partial charge in [-0.2, -0.15) is 0 Å². The molecule has 7 heteroatoms. The Morgan fingerprint density at radius 3 is 2.45 bits per heavy atom. The second-order valence-electron chi connectivity index (χ2n) is 4.96. The molecule has 1 aromatic rings. The highest BCUT2D eigenvalue weighted by molar-refractivity contribution is 6.33. The minimum absolute atomic E-state index is 0.00441. The Morgan fingerprint density at radius 1 is 1.50 bits per heavy atom. The van der Waals surface area contributed by atoms with Crippen LogP contribution in [0.2, 0.25) is 5.02 Å². The van der Waals surface area contributed by atoms with Gasteiger partial charge in [-0.3, -0.25) is 10.1 Å². The molecule has 0 radical (unpaired) electrons. The second kappa shape index (κ2) is 5.66. The Balaban J connectivity index is 3.42. The van der Waals surface area contributed by atoms with Crippen molar-refractivity contribution in [3.8, 4) is 0 Å². The summed E-state index contributed by atoms with van der Waals surface area (Å²) in [4.78, 5) is 23.3. The molecule has 0 atom stereocenters. The molecule has 0 bridgehead atoms. The number of benzene rings is 1. The van der Waals surface area contributed by atoms with Gasteiger partial charge in [0.05, 0.1) is 4.92 Å². The van der Waals surface area contributed by atoms with Crippen LogP contribution in [0.25, 0.3) is 0 Å². The first-order valence-corrected chi connectivity index (χ1v) is 6.46. The normalized spacial score (nSPS) is 11.2. The zero-order chi connectivity index (χ0) is 15.7. The minimum atomic E-state index is -1.14. The van der Waals surface area contributed by atoms with Crippen molar-refractivity contribution < 1.29 is 14.8 Å². The molecule has 0 spiro atoms. The van der Waals surface area contributed by atoms with Gasteiger partial charge in [0.2, 0.25) is 0 Å². The number of halogens is 1. The van der Waals surface area contributed by atoms with E-state index in [-0.39, 0.29) is 10.7 Å². The number of carboxylic acids is 1. The summed E-state index contributed by atoms with van der Waals surface area (Å²) in [5.41, 5.74) is -0.135. The number of hydrogen-bond acceptors (Lipinski definition) is 4. The first-order chi connectivity index (χ1) is 9.12. The highest BCUT2D eigenvalue weighted by Crippen LogP contribution is 2.35. The molecule has 0 aromatic heterocycles. The molecule has 1 N–H and O–H groups in total. The second-order valence-corrected chi connectivity index (χ2v) is 5.36. The summed E-state index contributed by atoms with van der Waals surface area (Å²) in [7, 11) is 0. The summed E-state index contributed by atoms with van der Waals surface area (Å²) < 4.78 is 0. The molecule has 0 fully saturated rings. The van der Waals surface area contributed by atoms with Crippen LogP contribution in [-0.4, -0.2) is 28.1 Å². The van der Waals surface area contributed by atoms with Gasteiger partial charge in [-0.25, -0.2) is 4.79 Å². The van der Waals surface area contributed by atoms with Crippen LogP contribution in [0.15, 0.2) is 12.1 Å². The Morgan fingerprint density at radius 2 is 2.05 bits per heavy atom. The molecule has 0 saturated carbocycles. The molecule has 1 aromatic carbocycles. The van der Waals surface area contributed by atoms with Gasteiger partial charge in [0.15, 0.2) is 0 Å². The quantitative estimate of drug-likeness (QED) is 0.666. The van der Waals surface area contributed by atoms with Crippen LogP contribution in [0.4, 0.5) is 11.4 Å². The maximum Gasteiger partial charge on any atom is 0.328 e. The van der Waals surface area contributed by atoms with Crippen LogP contribution in [0, 0.1) is 17.0 Å². The number of aliphatic carboxylic acids is 1. The van der Waals surface area contributed by atoms with E-state index in [2.05, 4.69) is 0 Å². The molecule has 0 saturated heterocycles. The van der Waals surface area contributed by atoms with E-state index in [1.165, 1.54) is 12.1 Å².